The number of nitrogens with one attached hydrogen (secondary N) is 4. The van der Waals surface area contributed by atoms with Crippen LogP contribution in [0.4, 0.5) is 46.8 Å². The smallest absolute Gasteiger partial charge is 0.319 e. The molecular weight excluding hydrogens is 1310 g/mol. The van der Waals surface area contributed by atoms with E-state index in [0.29, 0.717) is 59.4 Å². The molecule has 0 aromatic heterocycles. The predicted molar refractivity (Wildman–Crippen MR) is 405 cm³/mol. The number of carbonyl (C=O) groups excluding carboxylic acids is 4. The predicted octanol–water partition coefficient (Wildman–Crippen LogP) is 18.4. The first-order valence-electron chi connectivity index (χ1n) is 36.7. The normalized spacial score (nSPS) is 13.5. The Bertz CT molecular complexity index is 3820. The van der Waals surface area contributed by atoms with Gasteiger partial charge in [0.05, 0.1) is 31.7 Å². The first-order chi connectivity index (χ1) is 49.9. The number of ether oxygens (including phenoxy) is 7. The van der Waals surface area contributed by atoms with Gasteiger partial charge in [0, 0.05) is 104 Å². The molecule has 2 heterocycles. The summed E-state index contributed by atoms with van der Waals surface area (Å²) in [7, 11) is 3.03. The highest BCUT2D eigenvalue weighted by molar-refractivity contribution is 6.11. The van der Waals surface area contributed by atoms with Gasteiger partial charge in [0.25, 0.3) is 11.8 Å². The van der Waals surface area contributed by atoms with E-state index >= 15 is 8.78 Å². The first kappa shape index (κ1) is 79.3. The van der Waals surface area contributed by atoms with Gasteiger partial charge >= 0.3 is 12.1 Å². The molecule has 19 nitrogen and oxygen atoms in total. The van der Waals surface area contributed by atoms with Gasteiger partial charge in [0.15, 0.2) is 34.6 Å². The Morgan fingerprint density at radius 3 is 1.37 bits per heavy atom. The average Bonchev–Trinajstić information content (AvgIpc) is 1.38. The topological polar surface area (TPSA) is 194 Å². The van der Waals surface area contributed by atoms with E-state index in [-0.39, 0.29) is 70.5 Å². The number of nitrogens with zero attached hydrogens (tertiary/aromatic N) is 4. The van der Waals surface area contributed by atoms with Gasteiger partial charge in [0.1, 0.15) is 35.2 Å². The molecule has 0 bridgehead atoms. The van der Waals surface area contributed by atoms with Crippen molar-refractivity contribution >= 4 is 52.3 Å². The molecule has 7 aromatic rings. The van der Waals surface area contributed by atoms with Gasteiger partial charge in [-0.05, 0) is 206 Å². The lowest BCUT2D eigenvalue weighted by molar-refractivity contribution is 0.0969. The van der Waals surface area contributed by atoms with Crippen LogP contribution in [-0.4, -0.2) is 131 Å². The number of urea groups is 2. The summed E-state index contributed by atoms with van der Waals surface area (Å²) in [5.74, 6) is 1.53. The summed E-state index contributed by atoms with van der Waals surface area (Å²) < 4.78 is 71.7. The minimum absolute atomic E-state index is 0.0104. The molecule has 0 unspecified atom stereocenters. The number of rotatable bonds is 33. The fourth-order valence-electron chi connectivity index (χ4n) is 12.4. The molecule has 554 valence electrons. The van der Waals surface area contributed by atoms with Crippen molar-refractivity contribution in [3.05, 3.63) is 173 Å². The molecule has 0 radical (unpaired) electrons. The summed E-state index contributed by atoms with van der Waals surface area (Å²) in [6.45, 7) is 25.6. The molecule has 21 heteroatoms. The van der Waals surface area contributed by atoms with E-state index in [1.807, 2.05) is 115 Å². The summed E-state index contributed by atoms with van der Waals surface area (Å²) in [4.78, 5) is 61.3. The fourth-order valence-corrected chi connectivity index (χ4v) is 12.4. The second kappa shape index (κ2) is 40.4. The van der Waals surface area contributed by atoms with Crippen molar-refractivity contribution in [2.75, 3.05) is 93.7 Å². The molecule has 4 N–H and O–H groups in total. The molecule has 6 amide bonds. The zero-order valence-electron chi connectivity index (χ0n) is 62.0. The number of hydrogen-bond donors (Lipinski definition) is 4. The lowest BCUT2D eigenvalue weighted by atomic mass is 10.1. The van der Waals surface area contributed by atoms with Gasteiger partial charge < -0.3 is 69.1 Å². The molecule has 2 fully saturated rings. The van der Waals surface area contributed by atoms with Crippen molar-refractivity contribution < 1.29 is 61.1 Å². The number of benzene rings is 7. The summed E-state index contributed by atoms with van der Waals surface area (Å²) in [5, 5.41) is 10.8. The highest BCUT2D eigenvalue weighted by atomic mass is 19.1. The third kappa shape index (κ3) is 23.0. The number of methoxy groups -OCH3 is 2. The van der Waals surface area contributed by atoms with Crippen molar-refractivity contribution in [2.45, 2.75) is 164 Å². The maximum Gasteiger partial charge on any atom is 0.319 e. The number of unbranched alkanes of at least 4 members (excludes halogenated alkanes) is 2. The Hall–Kier alpha value is -9.44. The monoisotopic (exact) mass is 1420 g/mol. The zero-order chi connectivity index (χ0) is 73.8. The van der Waals surface area contributed by atoms with Crippen LogP contribution in [0.1, 0.15) is 157 Å². The second-order valence-corrected chi connectivity index (χ2v) is 26.0. The van der Waals surface area contributed by atoms with E-state index in [4.69, 9.17) is 33.2 Å². The summed E-state index contributed by atoms with van der Waals surface area (Å²) >= 11 is 0. The fraction of sp³-hybridized carbons (Fsp3) is 0.439. The standard InChI is InChI=1S/C43H53FN4O5.C39H53FN4O6/c1-6-10-24-47-25-22-36(23-26-47)52-39-21-16-31(27-30(39)5)42(49)48(33-14-12-11-13-15-33)34-17-19-35(20-18-34)53-41-28-37(44)38(29-40(41)51-9-4)46-43(50)45-32(7-2)8-3;1-7-10-19-43-20-17-32(18-21-43)49-35-16-11-28(24-27(35)4)38(45)44(22-23-47-5)30-12-14-31(15-13-30)50-37-25-33(40)34(26-36(37)48-6)42-39(46)41-29(8-2)9-3/h11-21,27-29,32,36H,6-10,22-26H2,1-5H3,(H2,45,46,50);11-16,24-26,29,32H,7-10,17-23H2,1-6H3,(H2,41,42,46). The molecule has 9 rings (SSSR count). The Kier molecular flexibility index (Phi) is 31.1. The van der Waals surface area contributed by atoms with Crippen LogP contribution in [0.2, 0.25) is 0 Å². The largest absolute Gasteiger partial charge is 0.493 e. The first-order valence-corrected chi connectivity index (χ1v) is 36.7. The maximum atomic E-state index is 15.2. The van der Waals surface area contributed by atoms with Gasteiger partial charge in [0.2, 0.25) is 0 Å². The lowest BCUT2D eigenvalue weighted by Crippen LogP contribution is -2.38. The van der Waals surface area contributed by atoms with Gasteiger partial charge in [-0.3, -0.25) is 14.5 Å². The van der Waals surface area contributed by atoms with Gasteiger partial charge in [-0.1, -0.05) is 72.6 Å². The average molecular weight is 1420 g/mol. The number of anilines is 5. The quantitative estimate of drug-likeness (QED) is 0.0304. The number of para-hydroxylation sites is 1. The minimum Gasteiger partial charge on any atom is -0.493 e. The maximum absolute atomic E-state index is 15.2. The Morgan fingerprint density at radius 2 is 0.942 bits per heavy atom. The molecular formula is C82H106F2N8O11. The van der Waals surface area contributed by atoms with Crippen LogP contribution in [0.3, 0.4) is 0 Å². The molecule has 0 spiro atoms. The van der Waals surface area contributed by atoms with Crippen LogP contribution >= 0.6 is 0 Å². The molecule has 0 atom stereocenters. The zero-order valence-corrected chi connectivity index (χ0v) is 62.0. The third-order valence-corrected chi connectivity index (χ3v) is 18.6. The Morgan fingerprint density at radius 1 is 0.505 bits per heavy atom. The van der Waals surface area contributed by atoms with Crippen LogP contribution in [0, 0.1) is 25.5 Å². The molecule has 103 heavy (non-hydrogen) atoms. The number of amides is 6. The highest BCUT2D eigenvalue weighted by Gasteiger charge is 2.27. The summed E-state index contributed by atoms with van der Waals surface area (Å²) in [6, 6.07) is 38.7. The number of carbonyl (C=O) groups is 4. The van der Waals surface area contributed by atoms with Crippen LogP contribution in [0.5, 0.6) is 46.0 Å². The molecule has 2 aliphatic heterocycles. The Labute approximate surface area is 607 Å². The second-order valence-electron chi connectivity index (χ2n) is 26.0. The lowest BCUT2D eigenvalue weighted by Gasteiger charge is -2.32. The third-order valence-electron chi connectivity index (χ3n) is 18.6. The summed E-state index contributed by atoms with van der Waals surface area (Å²) in [6.07, 6.45) is 12.2. The van der Waals surface area contributed by atoms with Crippen LogP contribution in [-0.2, 0) is 4.74 Å². The molecule has 0 aliphatic carbocycles. The molecule has 7 aromatic carbocycles. The number of aryl methyl sites for hydroxylation is 2. The van der Waals surface area contributed by atoms with Crippen molar-refractivity contribution in [2.24, 2.45) is 0 Å². The van der Waals surface area contributed by atoms with Crippen LogP contribution in [0.25, 0.3) is 0 Å². The van der Waals surface area contributed by atoms with E-state index in [1.165, 1.54) is 57.1 Å². The number of halogens is 2. The van der Waals surface area contributed by atoms with Crippen LogP contribution in [0.15, 0.2) is 140 Å². The van der Waals surface area contributed by atoms with Crippen molar-refractivity contribution in [3.8, 4) is 46.0 Å². The van der Waals surface area contributed by atoms with E-state index in [2.05, 4.69) is 44.9 Å². The molecule has 0 saturated carbocycles. The number of hydrogen-bond acceptors (Lipinski definition) is 13. The molecule has 2 saturated heterocycles. The number of piperidine rings is 2. The van der Waals surface area contributed by atoms with Crippen molar-refractivity contribution in [3.63, 3.8) is 0 Å². The van der Waals surface area contributed by atoms with E-state index < -0.39 is 23.7 Å². The minimum atomic E-state index is -0.673. The van der Waals surface area contributed by atoms with Crippen molar-refractivity contribution in [1.82, 2.24) is 20.4 Å². The highest BCUT2D eigenvalue weighted by Crippen LogP contribution is 2.40. The summed E-state index contributed by atoms with van der Waals surface area (Å²) in [5.41, 5.74) is 4.83. The SMILES string of the molecule is CCCCN1CCC(Oc2ccc(C(=O)N(CCOC)c3ccc(Oc4cc(F)c(NC(=O)NC(CC)CC)cc4OC)cc3)cc2C)CC1.CCCCN1CCC(Oc2ccc(C(=O)N(c3ccccc3)c3ccc(Oc4cc(F)c(NC(=O)NC(CC)CC)cc4OCC)cc3)cc2C)CC1. The van der Waals surface area contributed by atoms with Crippen LogP contribution < -0.4 is 59.5 Å². The van der Waals surface area contributed by atoms with Gasteiger partial charge in [-0.25, -0.2) is 18.4 Å². The Balaban J connectivity index is 0.000000262. The van der Waals surface area contributed by atoms with E-state index in [1.54, 1.807) is 65.4 Å². The van der Waals surface area contributed by atoms with E-state index in [0.717, 1.165) is 113 Å². The van der Waals surface area contributed by atoms with Gasteiger partial charge in [-0.15, -0.1) is 0 Å². The van der Waals surface area contributed by atoms with E-state index in [9.17, 15) is 19.2 Å². The van der Waals surface area contributed by atoms with Crippen molar-refractivity contribution in [1.29, 1.82) is 0 Å². The van der Waals surface area contributed by atoms with Gasteiger partial charge in [-0.2, -0.15) is 0 Å². The molecule has 2 aliphatic rings. The number of likely N-dealkylation sites (tertiary alicyclic amines) is 2.